The molecular formula is C13H11BrCl2S2Zr-2. The van der Waals surface area contributed by atoms with Crippen molar-refractivity contribution in [3.63, 3.8) is 0 Å². The number of halogens is 3. The Morgan fingerprint density at radius 3 is 2.47 bits per heavy atom. The Bertz CT molecular complexity index is 418. The third kappa shape index (κ3) is 8.28. The van der Waals surface area contributed by atoms with Crippen LogP contribution in [0.3, 0.4) is 0 Å². The summed E-state index contributed by atoms with van der Waals surface area (Å²) in [6.45, 7) is 2.11. The van der Waals surface area contributed by atoms with Crippen molar-refractivity contribution in [3.8, 4) is 0 Å². The molecule has 0 aromatic heterocycles. The molecule has 0 aromatic rings. The first-order valence-corrected chi connectivity index (χ1v) is 10.2. The van der Waals surface area contributed by atoms with Gasteiger partial charge < -0.3 is 24.8 Å². The first kappa shape index (κ1) is 22.5. The maximum absolute atomic E-state index is 4.17. The summed E-state index contributed by atoms with van der Waals surface area (Å²) in [6, 6.07) is 0. The van der Waals surface area contributed by atoms with Gasteiger partial charge in [-0.05, 0) is 0 Å². The summed E-state index contributed by atoms with van der Waals surface area (Å²) in [4.78, 5) is 1.36. The van der Waals surface area contributed by atoms with Gasteiger partial charge in [-0.3, -0.25) is 6.08 Å². The Hall–Kier alpha value is 1.21. The van der Waals surface area contributed by atoms with Crippen LogP contribution < -0.4 is 24.8 Å². The van der Waals surface area contributed by atoms with E-state index < -0.39 is 0 Å². The quantitative estimate of drug-likeness (QED) is 0.327. The van der Waals surface area contributed by atoms with Gasteiger partial charge in [-0.15, -0.1) is 18.1 Å². The van der Waals surface area contributed by atoms with E-state index in [1.165, 1.54) is 16.1 Å². The monoisotopic (exact) mass is 470 g/mol. The molecule has 3 aliphatic rings. The van der Waals surface area contributed by atoms with Crippen LogP contribution in [0.4, 0.5) is 0 Å². The fraction of sp³-hybridized carbons (Fsp3) is 0.231. The van der Waals surface area contributed by atoms with Gasteiger partial charge in [0.2, 0.25) is 0 Å². The SMILES string of the molecule is CC1=CC2=[C-]C(Br)SC2=C1.[C-]1=CC=CC1.[Cl-].[Cl-].[S]=[Zr+2]. The Morgan fingerprint density at radius 1 is 1.37 bits per heavy atom. The van der Waals surface area contributed by atoms with Crippen molar-refractivity contribution in [2.24, 2.45) is 0 Å². The van der Waals surface area contributed by atoms with E-state index in [0.29, 0.717) is 4.16 Å². The van der Waals surface area contributed by atoms with E-state index in [2.05, 4.69) is 62.1 Å². The predicted molar refractivity (Wildman–Crippen MR) is 78.1 cm³/mol. The first-order chi connectivity index (χ1) is 8.25. The number of allylic oxidation sites excluding steroid dienone is 8. The van der Waals surface area contributed by atoms with Gasteiger partial charge in [0, 0.05) is 4.16 Å². The molecule has 19 heavy (non-hydrogen) atoms. The summed E-state index contributed by atoms with van der Waals surface area (Å²) in [5.74, 6) is 0. The van der Waals surface area contributed by atoms with Crippen LogP contribution in [0.2, 0.25) is 0 Å². The second-order valence-corrected chi connectivity index (χ2v) is 6.06. The molecule has 6 heteroatoms. The minimum atomic E-state index is 0. The second-order valence-electron chi connectivity index (χ2n) is 3.39. The molecule has 0 N–H and O–H groups in total. The zero-order valence-corrected chi connectivity index (χ0v) is 17.3. The van der Waals surface area contributed by atoms with Gasteiger partial charge >= 0.3 is 31.5 Å². The van der Waals surface area contributed by atoms with Crippen LogP contribution in [-0.4, -0.2) is 4.16 Å². The Labute approximate surface area is 158 Å². The van der Waals surface area contributed by atoms with Crippen molar-refractivity contribution >= 4 is 36.5 Å². The number of alkyl halides is 1. The van der Waals surface area contributed by atoms with Gasteiger partial charge in [0.05, 0.1) is 0 Å². The number of hydrogen-bond acceptors (Lipinski definition) is 2. The van der Waals surface area contributed by atoms with Crippen LogP contribution in [-0.2, 0) is 22.7 Å². The van der Waals surface area contributed by atoms with Gasteiger partial charge in [-0.1, -0.05) is 27.8 Å². The number of thioether (sulfide) groups is 1. The molecular weight excluding hydrogens is 462 g/mol. The van der Waals surface area contributed by atoms with Crippen LogP contribution in [0, 0.1) is 12.2 Å². The topological polar surface area (TPSA) is 0 Å². The average molecular weight is 473 g/mol. The van der Waals surface area contributed by atoms with E-state index >= 15 is 0 Å². The normalized spacial score (nSPS) is 20.4. The van der Waals surface area contributed by atoms with Gasteiger partial charge in [-0.2, -0.15) is 35.6 Å². The molecule has 1 aliphatic heterocycles. The van der Waals surface area contributed by atoms with Gasteiger partial charge in [0.1, 0.15) is 0 Å². The molecule has 0 bridgehead atoms. The Kier molecular flexibility index (Phi) is 15.3. The van der Waals surface area contributed by atoms with Crippen molar-refractivity contribution in [2.75, 3.05) is 0 Å². The zero-order valence-electron chi connectivity index (χ0n) is 10.1. The molecule has 3 rings (SSSR count). The summed E-state index contributed by atoms with van der Waals surface area (Å²) in [5.41, 5.74) is 2.61. The summed E-state index contributed by atoms with van der Waals surface area (Å²) in [6.07, 6.45) is 17.7. The van der Waals surface area contributed by atoms with E-state index in [-0.39, 0.29) is 24.8 Å². The molecule has 2 aliphatic carbocycles. The van der Waals surface area contributed by atoms with Crippen molar-refractivity contribution in [1.82, 2.24) is 0 Å². The van der Waals surface area contributed by atoms with Crippen LogP contribution in [0.5, 0.6) is 0 Å². The summed E-state index contributed by atoms with van der Waals surface area (Å²) in [5, 5.41) is 0. The van der Waals surface area contributed by atoms with E-state index in [0.717, 1.165) is 29.1 Å². The molecule has 0 fully saturated rings. The fourth-order valence-corrected chi connectivity index (χ4v) is 3.20. The Balaban J connectivity index is 0. The van der Waals surface area contributed by atoms with E-state index in [1.54, 1.807) is 0 Å². The third-order valence-corrected chi connectivity index (χ3v) is 3.79. The Morgan fingerprint density at radius 2 is 2.05 bits per heavy atom. The van der Waals surface area contributed by atoms with E-state index in [4.69, 9.17) is 0 Å². The standard InChI is InChI=1S/C8H6BrS.C5H5.2ClH.S.Zr/c1-5-2-6-4-8(9)10-7(6)3-5;1-2-4-5-3-1;;;;/h2-3,8H,1H3;1-3H,4H2;2*1H;;/q2*-1;;;;+2/p-2. The van der Waals surface area contributed by atoms with Crippen molar-refractivity contribution in [3.05, 3.63) is 58.6 Å². The van der Waals surface area contributed by atoms with Crippen molar-refractivity contribution in [2.45, 2.75) is 17.5 Å². The molecule has 102 valence electrons. The molecule has 0 nitrogen and oxygen atoms in total. The molecule has 0 radical (unpaired) electrons. The molecule has 0 amide bonds. The average Bonchev–Trinajstić information content (AvgIpc) is 2.99. The van der Waals surface area contributed by atoms with Crippen molar-refractivity contribution < 1.29 is 47.5 Å². The second kappa shape index (κ2) is 12.9. The summed E-state index contributed by atoms with van der Waals surface area (Å²) >= 11 is 6.43. The fourth-order valence-electron chi connectivity index (χ4n) is 1.44. The summed E-state index contributed by atoms with van der Waals surface area (Å²) < 4.78 is 0.373. The predicted octanol–water partition coefficient (Wildman–Crippen LogP) is -1.01. The van der Waals surface area contributed by atoms with Crippen LogP contribution in [0.15, 0.2) is 46.4 Å². The summed E-state index contributed by atoms with van der Waals surface area (Å²) in [7, 11) is 4.17. The van der Waals surface area contributed by atoms with Gasteiger partial charge in [0.15, 0.2) is 0 Å². The molecule has 1 heterocycles. The maximum atomic E-state index is 4.17. The van der Waals surface area contributed by atoms with Gasteiger partial charge in [0.25, 0.3) is 0 Å². The molecule has 0 saturated carbocycles. The molecule has 1 unspecified atom stereocenters. The molecule has 1 atom stereocenters. The molecule has 0 spiro atoms. The zero-order chi connectivity index (χ0) is 12.7. The van der Waals surface area contributed by atoms with Crippen LogP contribution in [0.1, 0.15) is 13.3 Å². The third-order valence-electron chi connectivity index (χ3n) is 2.08. The van der Waals surface area contributed by atoms with Crippen molar-refractivity contribution in [1.29, 1.82) is 0 Å². The minimum absolute atomic E-state index is 0. The van der Waals surface area contributed by atoms with E-state index in [9.17, 15) is 0 Å². The molecule has 0 aromatic carbocycles. The number of rotatable bonds is 0. The van der Waals surface area contributed by atoms with Crippen LogP contribution >= 0.6 is 36.5 Å². The van der Waals surface area contributed by atoms with Crippen LogP contribution in [0.25, 0.3) is 0 Å². The molecule has 0 saturated heterocycles. The number of hydrogen-bond donors (Lipinski definition) is 0. The van der Waals surface area contributed by atoms with E-state index in [1.807, 2.05) is 23.9 Å². The number of fused-ring (bicyclic) bond motifs is 1. The first-order valence-electron chi connectivity index (χ1n) is 5.02. The van der Waals surface area contributed by atoms with Gasteiger partial charge in [-0.25, -0.2) is 12.2 Å².